The van der Waals surface area contributed by atoms with Crippen LogP contribution in [0.1, 0.15) is 26.3 Å². The van der Waals surface area contributed by atoms with Crippen molar-refractivity contribution in [2.24, 2.45) is 5.41 Å². The van der Waals surface area contributed by atoms with Crippen LogP contribution >= 0.6 is 15.9 Å². The molecule has 0 saturated carbocycles. The third-order valence-corrected chi connectivity index (χ3v) is 2.99. The van der Waals surface area contributed by atoms with E-state index in [1.165, 1.54) is 0 Å². The van der Waals surface area contributed by atoms with E-state index >= 15 is 0 Å². The molecule has 0 bridgehead atoms. The Kier molecular flexibility index (Phi) is 5.56. The minimum Gasteiger partial charge on any atom is -0.483 e. The van der Waals surface area contributed by atoms with E-state index in [0.717, 1.165) is 10.0 Å². The van der Waals surface area contributed by atoms with Crippen molar-refractivity contribution in [2.45, 2.75) is 27.7 Å². The zero-order chi connectivity index (χ0) is 15.3. The molecule has 1 aromatic rings. The Morgan fingerprint density at radius 2 is 1.90 bits per heavy atom. The molecule has 6 heteroatoms. The van der Waals surface area contributed by atoms with Gasteiger partial charge in [0.2, 0.25) is 5.91 Å². The molecule has 0 radical (unpaired) electrons. The second-order valence-electron chi connectivity index (χ2n) is 5.45. The summed E-state index contributed by atoms with van der Waals surface area (Å²) in [7, 11) is 0. The highest BCUT2D eigenvalue weighted by Crippen LogP contribution is 2.21. The number of amides is 2. The molecule has 20 heavy (non-hydrogen) atoms. The standard InChI is InChI=1S/C14H19BrN2O3/c1-9-7-10(15)5-6-11(9)20-8-12(18)16-17-13(19)14(2,3)4/h5-7H,8H2,1-4H3,(H,16,18)(H,17,19). The molecular formula is C14H19BrN2O3. The summed E-state index contributed by atoms with van der Waals surface area (Å²) in [6.07, 6.45) is 0. The minimum absolute atomic E-state index is 0.160. The summed E-state index contributed by atoms with van der Waals surface area (Å²) in [5.74, 6) is -0.0407. The summed E-state index contributed by atoms with van der Waals surface area (Å²) in [6.45, 7) is 7.01. The van der Waals surface area contributed by atoms with Crippen LogP contribution < -0.4 is 15.6 Å². The quantitative estimate of drug-likeness (QED) is 0.828. The Morgan fingerprint density at radius 1 is 1.25 bits per heavy atom. The number of nitrogens with one attached hydrogen (secondary N) is 2. The van der Waals surface area contributed by atoms with E-state index in [1.54, 1.807) is 26.8 Å². The van der Waals surface area contributed by atoms with Crippen LogP contribution in [-0.4, -0.2) is 18.4 Å². The molecule has 0 heterocycles. The van der Waals surface area contributed by atoms with Gasteiger partial charge >= 0.3 is 0 Å². The van der Waals surface area contributed by atoms with E-state index < -0.39 is 11.3 Å². The summed E-state index contributed by atoms with van der Waals surface area (Å²) < 4.78 is 6.34. The van der Waals surface area contributed by atoms with Gasteiger partial charge in [0.05, 0.1) is 0 Å². The van der Waals surface area contributed by atoms with Gasteiger partial charge in [0.15, 0.2) is 6.61 Å². The molecule has 0 aromatic heterocycles. The van der Waals surface area contributed by atoms with Gasteiger partial charge in [-0.05, 0) is 30.7 Å². The lowest BCUT2D eigenvalue weighted by Crippen LogP contribution is -2.48. The predicted molar refractivity (Wildman–Crippen MR) is 80.1 cm³/mol. The third kappa shape index (κ3) is 5.21. The summed E-state index contributed by atoms with van der Waals surface area (Å²) in [5, 5.41) is 0. The molecule has 0 unspecified atom stereocenters. The van der Waals surface area contributed by atoms with Crippen LogP contribution in [-0.2, 0) is 9.59 Å². The maximum Gasteiger partial charge on any atom is 0.276 e. The Labute approximate surface area is 127 Å². The monoisotopic (exact) mass is 342 g/mol. The number of rotatable bonds is 3. The van der Waals surface area contributed by atoms with Gasteiger partial charge in [0.1, 0.15) is 5.75 Å². The van der Waals surface area contributed by atoms with Gasteiger partial charge in [-0.25, -0.2) is 0 Å². The van der Waals surface area contributed by atoms with Crippen LogP contribution in [0, 0.1) is 12.3 Å². The van der Waals surface area contributed by atoms with Crippen LogP contribution in [0.3, 0.4) is 0 Å². The second-order valence-corrected chi connectivity index (χ2v) is 6.37. The fourth-order valence-electron chi connectivity index (χ4n) is 1.27. The molecule has 0 aliphatic rings. The lowest BCUT2D eigenvalue weighted by atomic mass is 9.96. The first-order valence-electron chi connectivity index (χ1n) is 6.18. The molecule has 1 rings (SSSR count). The number of ether oxygens (including phenoxy) is 1. The third-order valence-electron chi connectivity index (χ3n) is 2.49. The van der Waals surface area contributed by atoms with Gasteiger partial charge in [0.25, 0.3) is 5.91 Å². The number of benzene rings is 1. The van der Waals surface area contributed by atoms with E-state index in [2.05, 4.69) is 26.8 Å². The van der Waals surface area contributed by atoms with Gasteiger partial charge in [-0.3, -0.25) is 20.4 Å². The number of hydrazine groups is 1. The number of halogens is 1. The molecule has 0 atom stereocenters. The predicted octanol–water partition coefficient (Wildman–Crippen LogP) is 2.33. The van der Waals surface area contributed by atoms with Gasteiger partial charge in [-0.1, -0.05) is 36.7 Å². The molecule has 0 saturated heterocycles. The van der Waals surface area contributed by atoms with Crippen molar-refractivity contribution in [1.82, 2.24) is 10.9 Å². The number of aryl methyl sites for hydroxylation is 1. The zero-order valence-electron chi connectivity index (χ0n) is 12.0. The molecule has 2 amide bonds. The highest BCUT2D eigenvalue weighted by molar-refractivity contribution is 9.10. The second kappa shape index (κ2) is 6.74. The lowest BCUT2D eigenvalue weighted by Gasteiger charge is -2.18. The summed E-state index contributed by atoms with van der Waals surface area (Å²) in [5.41, 5.74) is 5.04. The molecule has 0 aliphatic carbocycles. The normalized spacial score (nSPS) is 10.8. The molecule has 5 nitrogen and oxygen atoms in total. The number of carbonyl (C=O) groups is 2. The summed E-state index contributed by atoms with van der Waals surface area (Å²) in [4.78, 5) is 23.1. The highest BCUT2D eigenvalue weighted by Gasteiger charge is 2.21. The highest BCUT2D eigenvalue weighted by atomic mass is 79.9. The first-order chi connectivity index (χ1) is 9.20. The van der Waals surface area contributed by atoms with Crippen molar-refractivity contribution < 1.29 is 14.3 Å². The van der Waals surface area contributed by atoms with E-state index in [1.807, 2.05) is 19.1 Å². The fourth-order valence-corrected chi connectivity index (χ4v) is 1.74. The number of hydrogen-bond donors (Lipinski definition) is 2. The molecule has 0 fully saturated rings. The Balaban J connectivity index is 2.42. The molecule has 110 valence electrons. The van der Waals surface area contributed by atoms with Crippen molar-refractivity contribution in [3.8, 4) is 5.75 Å². The lowest BCUT2D eigenvalue weighted by molar-refractivity contribution is -0.134. The van der Waals surface area contributed by atoms with Crippen molar-refractivity contribution in [2.75, 3.05) is 6.61 Å². The average Bonchev–Trinajstić information content (AvgIpc) is 2.33. The van der Waals surface area contributed by atoms with Crippen LogP contribution in [0.25, 0.3) is 0 Å². The van der Waals surface area contributed by atoms with E-state index in [-0.39, 0.29) is 12.5 Å². The molecular weight excluding hydrogens is 324 g/mol. The van der Waals surface area contributed by atoms with Crippen molar-refractivity contribution in [3.05, 3.63) is 28.2 Å². The van der Waals surface area contributed by atoms with Crippen LogP contribution in [0.4, 0.5) is 0 Å². The Bertz CT molecular complexity index is 510. The van der Waals surface area contributed by atoms with Crippen molar-refractivity contribution in [3.63, 3.8) is 0 Å². The van der Waals surface area contributed by atoms with Gasteiger partial charge in [-0.15, -0.1) is 0 Å². The number of carbonyl (C=O) groups excluding carboxylic acids is 2. The van der Waals surface area contributed by atoms with Crippen LogP contribution in [0.5, 0.6) is 5.75 Å². The topological polar surface area (TPSA) is 67.4 Å². The molecule has 2 N–H and O–H groups in total. The SMILES string of the molecule is Cc1cc(Br)ccc1OCC(=O)NNC(=O)C(C)(C)C. The first kappa shape index (κ1) is 16.5. The maximum atomic E-state index is 11.6. The summed E-state index contributed by atoms with van der Waals surface area (Å²) in [6, 6.07) is 5.51. The molecule has 0 spiro atoms. The number of hydrogen-bond acceptors (Lipinski definition) is 3. The van der Waals surface area contributed by atoms with E-state index in [9.17, 15) is 9.59 Å². The average molecular weight is 343 g/mol. The van der Waals surface area contributed by atoms with Gasteiger partial charge in [-0.2, -0.15) is 0 Å². The minimum atomic E-state index is -0.559. The smallest absolute Gasteiger partial charge is 0.276 e. The Morgan fingerprint density at radius 3 is 2.45 bits per heavy atom. The largest absolute Gasteiger partial charge is 0.483 e. The van der Waals surface area contributed by atoms with Crippen molar-refractivity contribution in [1.29, 1.82) is 0 Å². The fraction of sp³-hybridized carbons (Fsp3) is 0.429. The zero-order valence-corrected chi connectivity index (χ0v) is 13.6. The van der Waals surface area contributed by atoms with Crippen molar-refractivity contribution >= 4 is 27.7 Å². The molecule has 0 aliphatic heterocycles. The summed E-state index contributed by atoms with van der Waals surface area (Å²) >= 11 is 3.35. The van der Waals surface area contributed by atoms with Crippen LogP contribution in [0.2, 0.25) is 0 Å². The van der Waals surface area contributed by atoms with Crippen LogP contribution in [0.15, 0.2) is 22.7 Å². The maximum absolute atomic E-state index is 11.6. The Hall–Kier alpha value is -1.56. The first-order valence-corrected chi connectivity index (χ1v) is 6.97. The van der Waals surface area contributed by atoms with E-state index in [4.69, 9.17) is 4.74 Å². The van der Waals surface area contributed by atoms with E-state index in [0.29, 0.717) is 5.75 Å². The molecule has 1 aromatic carbocycles. The van der Waals surface area contributed by atoms with Gasteiger partial charge < -0.3 is 4.74 Å². The van der Waals surface area contributed by atoms with Gasteiger partial charge in [0, 0.05) is 9.89 Å².